The Morgan fingerprint density at radius 2 is 1.88 bits per heavy atom. The quantitative estimate of drug-likeness (QED) is 0.783. The average molecular weight is 284 g/mol. The van der Waals surface area contributed by atoms with E-state index in [1.165, 1.54) is 24.3 Å². The summed E-state index contributed by atoms with van der Waals surface area (Å²) in [6, 6.07) is 7.36. The fraction of sp³-hybridized carbons (Fsp3) is 0.222. The van der Waals surface area contributed by atoms with Crippen LogP contribution in [0.3, 0.4) is 0 Å². The van der Waals surface area contributed by atoms with Gasteiger partial charge in [0.2, 0.25) is 0 Å². The van der Waals surface area contributed by atoms with Gasteiger partial charge in [-0.15, -0.1) is 0 Å². The molecule has 0 N–H and O–H groups in total. The average Bonchev–Trinajstić information content (AvgIpc) is 2.16. The topological polar surface area (TPSA) is 46.5 Å². The van der Waals surface area contributed by atoms with E-state index in [4.69, 9.17) is 23.2 Å². The van der Waals surface area contributed by atoms with E-state index in [0.29, 0.717) is 0 Å². The van der Waals surface area contributed by atoms with Crippen LogP contribution in [0, 0.1) is 0 Å². The van der Waals surface area contributed by atoms with Crippen molar-refractivity contribution in [2.75, 3.05) is 0 Å². The van der Waals surface area contributed by atoms with Crippen molar-refractivity contribution in [1.82, 2.24) is 0 Å². The summed E-state index contributed by atoms with van der Waals surface area (Å²) in [5.74, 6) is -0.808. The van der Waals surface area contributed by atoms with Crippen molar-refractivity contribution in [3.63, 3.8) is 0 Å². The van der Waals surface area contributed by atoms with Gasteiger partial charge in [0, 0.05) is 6.92 Å². The van der Waals surface area contributed by atoms with Crippen molar-refractivity contribution in [3.8, 4) is 0 Å². The van der Waals surface area contributed by atoms with Crippen LogP contribution in [-0.2, 0) is 14.5 Å². The highest BCUT2D eigenvalue weighted by Crippen LogP contribution is 2.37. The minimum absolute atomic E-state index is 0.0299. The highest BCUT2D eigenvalue weighted by Gasteiger charge is 2.39. The molecule has 0 aliphatic heterocycles. The molecule has 0 bridgehead atoms. The van der Waals surface area contributed by atoms with Crippen LogP contribution in [-0.4, -0.2) is 14.0 Å². The zero-order valence-corrected chi connectivity index (χ0v) is 10.5. The van der Waals surface area contributed by atoms with Crippen molar-refractivity contribution >= 4 is 38.8 Å². The van der Waals surface area contributed by atoms with Crippen LogP contribution in [0.4, 0.5) is 4.39 Å². The smallest absolute Gasteiger partial charge is 0.272 e. The van der Waals surface area contributed by atoms with Crippen molar-refractivity contribution in [3.05, 3.63) is 30.3 Å². The van der Waals surface area contributed by atoms with E-state index in [2.05, 4.69) is 4.36 Å². The Labute approximate surface area is 103 Å². The molecule has 16 heavy (non-hydrogen) atoms. The van der Waals surface area contributed by atoms with Gasteiger partial charge in [-0.25, -0.2) is 4.21 Å². The zero-order chi connectivity index (χ0) is 12.4. The Balaban J connectivity index is 3.52. The van der Waals surface area contributed by atoms with Gasteiger partial charge in [-0.05, 0) is 35.3 Å². The van der Waals surface area contributed by atoms with Gasteiger partial charge in [0.05, 0.1) is 4.90 Å². The number of nitrogens with zero attached hydrogens (tertiary/aromatic N) is 1. The number of amides is 1. The van der Waals surface area contributed by atoms with Gasteiger partial charge >= 0.3 is 3.92 Å². The highest BCUT2D eigenvalue weighted by atomic mass is 35.5. The molecule has 0 unspecified atom stereocenters. The minimum atomic E-state index is -3.84. The van der Waals surface area contributed by atoms with Gasteiger partial charge < -0.3 is 0 Å². The largest absolute Gasteiger partial charge is 0.344 e. The minimum Gasteiger partial charge on any atom is -0.272 e. The van der Waals surface area contributed by atoms with Crippen LogP contribution in [0.2, 0.25) is 0 Å². The summed E-state index contributed by atoms with van der Waals surface area (Å²) in [7, 11) is -3.84. The van der Waals surface area contributed by atoms with Crippen molar-refractivity contribution in [2.45, 2.75) is 15.7 Å². The summed E-state index contributed by atoms with van der Waals surface area (Å²) in [4.78, 5) is 10.8. The molecule has 0 heterocycles. The maximum absolute atomic E-state index is 13.5. The Hall–Kier alpha value is -0.650. The van der Waals surface area contributed by atoms with Gasteiger partial charge in [-0.1, -0.05) is 18.2 Å². The standard InChI is InChI=1S/C9H8Cl2FNO2S/c1-7(14)13-16(15,9(10,11)12)8-5-3-2-4-6-8/h2-6H,1H3/t16-/m0/s1. The van der Waals surface area contributed by atoms with Crippen molar-refractivity contribution in [2.24, 2.45) is 4.36 Å². The number of hydrogen-bond acceptors (Lipinski definition) is 2. The molecule has 0 saturated carbocycles. The maximum Gasteiger partial charge on any atom is 0.344 e. The molecule has 1 amide bonds. The molecular formula is C9H8Cl2FNO2S. The molecule has 7 heteroatoms. The van der Waals surface area contributed by atoms with Gasteiger partial charge in [-0.3, -0.25) is 4.79 Å². The maximum atomic E-state index is 13.5. The molecule has 1 aromatic carbocycles. The normalized spacial score (nSPS) is 15.2. The number of halogens is 3. The van der Waals surface area contributed by atoms with Crippen LogP contribution in [0.25, 0.3) is 0 Å². The molecule has 0 aromatic heterocycles. The zero-order valence-electron chi connectivity index (χ0n) is 8.19. The van der Waals surface area contributed by atoms with Gasteiger partial charge in [0.15, 0.2) is 0 Å². The summed E-state index contributed by atoms with van der Waals surface area (Å²) in [6.07, 6.45) is 0. The second-order valence-corrected chi connectivity index (χ2v) is 6.85. The molecule has 0 spiro atoms. The fourth-order valence-electron chi connectivity index (χ4n) is 1.02. The lowest BCUT2D eigenvalue weighted by atomic mass is 10.4. The van der Waals surface area contributed by atoms with Crippen molar-refractivity contribution in [1.29, 1.82) is 0 Å². The first-order valence-corrected chi connectivity index (χ1v) is 6.43. The van der Waals surface area contributed by atoms with Crippen LogP contribution in [0.15, 0.2) is 39.6 Å². The van der Waals surface area contributed by atoms with Gasteiger partial charge in [0.1, 0.15) is 9.73 Å². The Morgan fingerprint density at radius 1 is 1.38 bits per heavy atom. The van der Waals surface area contributed by atoms with E-state index >= 15 is 0 Å². The third-order valence-corrected chi connectivity index (χ3v) is 4.94. The summed E-state index contributed by atoms with van der Waals surface area (Å²) in [5, 5.41) is 0. The molecule has 3 nitrogen and oxygen atoms in total. The van der Waals surface area contributed by atoms with E-state index < -0.39 is 19.6 Å². The Bertz CT molecular complexity index is 504. The molecule has 1 aromatic rings. The van der Waals surface area contributed by atoms with Gasteiger partial charge in [-0.2, -0.15) is 8.75 Å². The second kappa shape index (κ2) is 4.69. The van der Waals surface area contributed by atoms with E-state index in [9.17, 15) is 13.4 Å². The molecular weight excluding hydrogens is 276 g/mol. The molecule has 0 fully saturated rings. The number of benzene rings is 1. The molecule has 1 atom stereocenters. The fourth-order valence-corrected chi connectivity index (χ4v) is 3.13. The Kier molecular flexibility index (Phi) is 3.93. The van der Waals surface area contributed by atoms with Gasteiger partial charge in [0.25, 0.3) is 5.91 Å². The van der Waals surface area contributed by atoms with Crippen LogP contribution in [0.5, 0.6) is 0 Å². The molecule has 0 radical (unpaired) electrons. The second-order valence-electron chi connectivity index (χ2n) is 2.89. The number of carbonyl (C=O) groups excluding carboxylic acids is 1. The van der Waals surface area contributed by atoms with E-state index in [-0.39, 0.29) is 4.90 Å². The first-order chi connectivity index (χ1) is 7.27. The number of alkyl halides is 3. The first-order valence-electron chi connectivity index (χ1n) is 4.16. The lowest BCUT2D eigenvalue weighted by Gasteiger charge is -2.15. The number of carbonyl (C=O) groups is 1. The first kappa shape index (κ1) is 13.4. The summed E-state index contributed by atoms with van der Waals surface area (Å²) < 4.78 is 25.8. The summed E-state index contributed by atoms with van der Waals surface area (Å²) >= 11 is 10.4. The van der Waals surface area contributed by atoms with E-state index in [1.807, 2.05) is 0 Å². The van der Waals surface area contributed by atoms with Crippen LogP contribution in [0.1, 0.15) is 6.92 Å². The third-order valence-electron chi connectivity index (χ3n) is 1.63. The predicted octanol–water partition coefficient (Wildman–Crippen LogP) is 3.12. The monoisotopic (exact) mass is 283 g/mol. The van der Waals surface area contributed by atoms with Crippen LogP contribution < -0.4 is 0 Å². The molecule has 0 saturated heterocycles. The molecule has 0 aliphatic carbocycles. The SMILES string of the molecule is CC(=O)N=[S@](=O)(c1ccccc1)C(F)(Cl)Cl. The van der Waals surface area contributed by atoms with E-state index in [1.54, 1.807) is 6.07 Å². The van der Waals surface area contributed by atoms with Crippen molar-refractivity contribution < 1.29 is 13.4 Å². The number of hydrogen-bond donors (Lipinski definition) is 0. The molecule has 0 aliphatic rings. The summed E-state index contributed by atoms with van der Waals surface area (Å²) in [5.41, 5.74) is 0. The summed E-state index contributed by atoms with van der Waals surface area (Å²) in [6.45, 7) is 1.04. The lowest BCUT2D eigenvalue weighted by Crippen LogP contribution is -2.21. The molecule has 1 rings (SSSR count). The van der Waals surface area contributed by atoms with Crippen LogP contribution >= 0.6 is 23.2 Å². The predicted molar refractivity (Wildman–Crippen MR) is 61.5 cm³/mol. The third kappa shape index (κ3) is 2.72. The lowest BCUT2D eigenvalue weighted by molar-refractivity contribution is -0.115. The van der Waals surface area contributed by atoms with E-state index in [0.717, 1.165) is 6.92 Å². The number of rotatable bonds is 2. The Morgan fingerprint density at radius 3 is 2.25 bits per heavy atom. The molecule has 88 valence electrons. The highest BCUT2D eigenvalue weighted by molar-refractivity contribution is 7.97.